The smallest absolute Gasteiger partial charge is 0.340 e. The molecule has 6 nitrogen and oxygen atoms in total. The van der Waals surface area contributed by atoms with E-state index in [1.54, 1.807) is 4.90 Å². The zero-order valence-electron chi connectivity index (χ0n) is 15.7. The number of hydrogen-bond acceptors (Lipinski definition) is 4. The van der Waals surface area contributed by atoms with Crippen LogP contribution >= 0.6 is 0 Å². The van der Waals surface area contributed by atoms with Crippen molar-refractivity contribution in [2.45, 2.75) is 19.8 Å². The molecule has 2 aromatic carbocycles. The molecule has 2 amide bonds. The van der Waals surface area contributed by atoms with Gasteiger partial charge >= 0.3 is 5.97 Å². The molecule has 1 fully saturated rings. The van der Waals surface area contributed by atoms with Crippen molar-refractivity contribution in [3.8, 4) is 0 Å². The number of nitrogens with zero attached hydrogens (tertiary/aromatic N) is 1. The Kier molecular flexibility index (Phi) is 5.73. The SMILES string of the molecule is CCc1cccc(N2C[C@H](C(=O)Nc3ccc(F)c(C(=O)OC)c3)CC2=O)c1. The maximum Gasteiger partial charge on any atom is 0.340 e. The molecule has 0 unspecified atom stereocenters. The molecule has 7 heteroatoms. The van der Waals surface area contributed by atoms with Gasteiger partial charge in [-0.3, -0.25) is 9.59 Å². The van der Waals surface area contributed by atoms with Gasteiger partial charge in [-0.15, -0.1) is 0 Å². The number of benzene rings is 2. The van der Waals surface area contributed by atoms with E-state index < -0.39 is 17.7 Å². The number of hydrogen-bond donors (Lipinski definition) is 1. The van der Waals surface area contributed by atoms with Crippen LogP contribution in [-0.4, -0.2) is 31.4 Å². The molecule has 0 aromatic heterocycles. The van der Waals surface area contributed by atoms with Gasteiger partial charge < -0.3 is 15.0 Å². The van der Waals surface area contributed by atoms with Gasteiger partial charge in [0, 0.05) is 24.3 Å². The normalized spacial score (nSPS) is 16.2. The molecular formula is C21H21FN2O4. The number of rotatable bonds is 5. The minimum Gasteiger partial charge on any atom is -0.465 e. The summed E-state index contributed by atoms with van der Waals surface area (Å²) in [6, 6.07) is 11.3. The topological polar surface area (TPSA) is 75.7 Å². The molecule has 1 aliphatic heterocycles. The molecule has 1 aliphatic rings. The summed E-state index contributed by atoms with van der Waals surface area (Å²) in [5, 5.41) is 2.65. The summed E-state index contributed by atoms with van der Waals surface area (Å²) in [5.74, 6) is -2.58. The molecule has 3 rings (SSSR count). The van der Waals surface area contributed by atoms with Gasteiger partial charge in [0.2, 0.25) is 11.8 Å². The van der Waals surface area contributed by atoms with Crippen molar-refractivity contribution in [2.75, 3.05) is 23.9 Å². The number of esters is 1. The van der Waals surface area contributed by atoms with E-state index in [-0.39, 0.29) is 36.0 Å². The molecular weight excluding hydrogens is 363 g/mol. The van der Waals surface area contributed by atoms with Crippen molar-refractivity contribution < 1.29 is 23.5 Å². The number of carbonyl (C=O) groups excluding carboxylic acids is 3. The number of nitrogens with one attached hydrogen (secondary N) is 1. The van der Waals surface area contributed by atoms with Gasteiger partial charge in [0.1, 0.15) is 5.82 Å². The third-order valence-electron chi connectivity index (χ3n) is 4.77. The Morgan fingerprint density at radius 2 is 2.04 bits per heavy atom. The Morgan fingerprint density at radius 1 is 1.25 bits per heavy atom. The highest BCUT2D eigenvalue weighted by molar-refractivity contribution is 6.04. The number of carbonyl (C=O) groups is 3. The predicted octanol–water partition coefficient (Wildman–Crippen LogP) is 3.17. The molecule has 0 saturated carbocycles. The summed E-state index contributed by atoms with van der Waals surface area (Å²) in [6.07, 6.45) is 0.945. The number of methoxy groups -OCH3 is 1. The molecule has 0 spiro atoms. The van der Waals surface area contributed by atoms with Crippen LogP contribution in [-0.2, 0) is 20.7 Å². The lowest BCUT2D eigenvalue weighted by Gasteiger charge is -2.17. The molecule has 1 heterocycles. The molecule has 28 heavy (non-hydrogen) atoms. The second kappa shape index (κ2) is 8.21. The maximum absolute atomic E-state index is 13.7. The fraction of sp³-hybridized carbons (Fsp3) is 0.286. The van der Waals surface area contributed by atoms with E-state index in [2.05, 4.69) is 10.1 Å². The molecule has 1 N–H and O–H groups in total. The van der Waals surface area contributed by atoms with Crippen molar-refractivity contribution in [2.24, 2.45) is 5.92 Å². The molecule has 2 aromatic rings. The number of ether oxygens (including phenoxy) is 1. The molecule has 0 aliphatic carbocycles. The van der Waals surface area contributed by atoms with Crippen molar-refractivity contribution in [1.29, 1.82) is 0 Å². The fourth-order valence-electron chi connectivity index (χ4n) is 3.19. The number of anilines is 2. The Bertz CT molecular complexity index is 928. The number of aryl methyl sites for hydroxylation is 1. The van der Waals surface area contributed by atoms with Crippen LogP contribution in [0.1, 0.15) is 29.3 Å². The first-order valence-corrected chi connectivity index (χ1v) is 9.01. The fourth-order valence-corrected chi connectivity index (χ4v) is 3.19. The van der Waals surface area contributed by atoms with Crippen LogP contribution in [0.2, 0.25) is 0 Å². The Morgan fingerprint density at radius 3 is 2.75 bits per heavy atom. The van der Waals surface area contributed by atoms with Crippen molar-refractivity contribution >= 4 is 29.2 Å². The van der Waals surface area contributed by atoms with Gasteiger partial charge in [0.25, 0.3) is 0 Å². The van der Waals surface area contributed by atoms with Gasteiger partial charge in [-0.25, -0.2) is 9.18 Å². The number of amides is 2. The summed E-state index contributed by atoms with van der Waals surface area (Å²) in [6.45, 7) is 2.30. The highest BCUT2D eigenvalue weighted by Gasteiger charge is 2.35. The quantitative estimate of drug-likeness (QED) is 0.804. The van der Waals surface area contributed by atoms with E-state index in [4.69, 9.17) is 0 Å². The third-order valence-corrected chi connectivity index (χ3v) is 4.77. The Balaban J connectivity index is 1.72. The van der Waals surface area contributed by atoms with Crippen LogP contribution in [0.15, 0.2) is 42.5 Å². The Labute approximate surface area is 162 Å². The van der Waals surface area contributed by atoms with E-state index in [0.717, 1.165) is 30.8 Å². The van der Waals surface area contributed by atoms with Crippen molar-refractivity contribution in [1.82, 2.24) is 0 Å². The largest absolute Gasteiger partial charge is 0.465 e. The Hall–Kier alpha value is -3.22. The zero-order valence-corrected chi connectivity index (χ0v) is 15.7. The lowest BCUT2D eigenvalue weighted by molar-refractivity contribution is -0.122. The minimum atomic E-state index is -0.827. The first kappa shape index (κ1) is 19.5. The monoisotopic (exact) mass is 384 g/mol. The zero-order chi connectivity index (χ0) is 20.3. The molecule has 0 radical (unpaired) electrons. The molecule has 1 saturated heterocycles. The van der Waals surface area contributed by atoms with E-state index >= 15 is 0 Å². The van der Waals surface area contributed by atoms with Crippen molar-refractivity contribution in [3.63, 3.8) is 0 Å². The van der Waals surface area contributed by atoms with Gasteiger partial charge in [-0.05, 0) is 42.3 Å². The average Bonchev–Trinajstić information content (AvgIpc) is 3.10. The van der Waals surface area contributed by atoms with Crippen molar-refractivity contribution in [3.05, 3.63) is 59.4 Å². The third kappa shape index (κ3) is 4.03. The molecule has 1 atom stereocenters. The van der Waals surface area contributed by atoms with Gasteiger partial charge in [-0.2, -0.15) is 0 Å². The summed E-state index contributed by atoms with van der Waals surface area (Å²) in [4.78, 5) is 38.2. The van der Waals surface area contributed by atoms with Crippen LogP contribution < -0.4 is 10.2 Å². The van der Waals surface area contributed by atoms with Crippen LogP contribution in [0, 0.1) is 11.7 Å². The average molecular weight is 384 g/mol. The predicted molar refractivity (Wildman–Crippen MR) is 103 cm³/mol. The first-order chi connectivity index (χ1) is 13.4. The highest BCUT2D eigenvalue weighted by Crippen LogP contribution is 2.27. The van der Waals surface area contributed by atoms with Gasteiger partial charge in [0.15, 0.2) is 0 Å². The standard InChI is InChI=1S/C21H21FN2O4/c1-3-13-5-4-6-16(9-13)24-12-14(10-19(24)25)20(26)23-15-7-8-18(22)17(11-15)21(27)28-2/h4-9,11,14H,3,10,12H2,1-2H3,(H,23,26)/t14-/m1/s1. The number of halogens is 1. The second-order valence-electron chi connectivity index (χ2n) is 6.60. The lowest BCUT2D eigenvalue weighted by atomic mass is 10.1. The van der Waals surface area contributed by atoms with E-state index in [9.17, 15) is 18.8 Å². The summed E-state index contributed by atoms with van der Waals surface area (Å²) >= 11 is 0. The van der Waals surface area contributed by atoms with Gasteiger partial charge in [0.05, 0.1) is 18.6 Å². The van der Waals surface area contributed by atoms with Gasteiger partial charge in [-0.1, -0.05) is 19.1 Å². The summed E-state index contributed by atoms with van der Waals surface area (Å²) < 4.78 is 18.3. The summed E-state index contributed by atoms with van der Waals surface area (Å²) in [7, 11) is 1.15. The van der Waals surface area contributed by atoms with Crippen LogP contribution in [0.4, 0.5) is 15.8 Å². The maximum atomic E-state index is 13.7. The van der Waals surface area contributed by atoms with E-state index in [0.29, 0.717) is 0 Å². The van der Waals surface area contributed by atoms with E-state index in [1.165, 1.54) is 12.1 Å². The lowest BCUT2D eigenvalue weighted by Crippen LogP contribution is -2.28. The van der Waals surface area contributed by atoms with Crippen LogP contribution in [0.25, 0.3) is 0 Å². The minimum absolute atomic E-state index is 0.0905. The van der Waals surface area contributed by atoms with Crippen LogP contribution in [0.3, 0.4) is 0 Å². The highest BCUT2D eigenvalue weighted by atomic mass is 19.1. The first-order valence-electron chi connectivity index (χ1n) is 9.01. The van der Waals surface area contributed by atoms with E-state index in [1.807, 2.05) is 31.2 Å². The summed E-state index contributed by atoms with van der Waals surface area (Å²) in [5.41, 5.74) is 1.89. The molecule has 146 valence electrons. The van der Waals surface area contributed by atoms with Crippen LogP contribution in [0.5, 0.6) is 0 Å². The molecule has 0 bridgehead atoms. The second-order valence-corrected chi connectivity index (χ2v) is 6.60.